The number of thioether (sulfide) groups is 1. The summed E-state index contributed by atoms with van der Waals surface area (Å²) in [6.45, 7) is 0. The third-order valence-corrected chi connectivity index (χ3v) is 4.85. The number of nitrogens with one attached hydrogen (secondary N) is 2. The maximum atomic E-state index is 7.42. The largest absolute Gasteiger partial charge is 0.388 e. The van der Waals surface area contributed by atoms with Gasteiger partial charge < -0.3 is 10.7 Å². The van der Waals surface area contributed by atoms with Gasteiger partial charge in [0.05, 0.1) is 10.9 Å². The van der Waals surface area contributed by atoms with Crippen LogP contribution in [0.25, 0.3) is 10.9 Å². The van der Waals surface area contributed by atoms with E-state index in [-0.39, 0.29) is 0 Å². The van der Waals surface area contributed by atoms with Crippen molar-refractivity contribution in [2.75, 3.05) is 5.75 Å². The van der Waals surface area contributed by atoms with E-state index in [1.807, 2.05) is 17.8 Å². The van der Waals surface area contributed by atoms with Gasteiger partial charge in [-0.2, -0.15) is 0 Å². The fourth-order valence-electron chi connectivity index (χ4n) is 2.31. The third kappa shape index (κ3) is 2.38. The number of fused-ring (bicyclic) bond motifs is 1. The molecule has 1 saturated carbocycles. The number of amidine groups is 1. The van der Waals surface area contributed by atoms with Crippen LogP contribution >= 0.6 is 11.8 Å². The minimum Gasteiger partial charge on any atom is -0.388 e. The number of nitrogens with two attached hydrogens (primary N) is 1. The van der Waals surface area contributed by atoms with Crippen molar-refractivity contribution in [1.82, 2.24) is 4.98 Å². The summed E-state index contributed by atoms with van der Waals surface area (Å²) >= 11 is 1.85. The van der Waals surface area contributed by atoms with Gasteiger partial charge in [-0.3, -0.25) is 5.41 Å². The van der Waals surface area contributed by atoms with Crippen molar-refractivity contribution in [2.24, 2.45) is 11.1 Å². The van der Waals surface area contributed by atoms with Crippen LogP contribution in [-0.4, -0.2) is 16.6 Å². The normalized spacial score (nSPS) is 16.9. The molecule has 0 aliphatic heterocycles. The zero-order chi connectivity index (χ0) is 12.6. The van der Waals surface area contributed by atoms with E-state index in [1.165, 1.54) is 28.8 Å². The quantitative estimate of drug-likeness (QED) is 0.438. The zero-order valence-electron chi connectivity index (χ0n) is 10.2. The Hall–Kier alpha value is -1.42. The number of aromatic amines is 1. The van der Waals surface area contributed by atoms with E-state index in [1.54, 1.807) is 0 Å². The van der Waals surface area contributed by atoms with E-state index in [4.69, 9.17) is 11.1 Å². The van der Waals surface area contributed by atoms with Crippen molar-refractivity contribution in [3.8, 4) is 0 Å². The fraction of sp³-hybridized carbons (Fsp3) is 0.357. The van der Waals surface area contributed by atoms with Gasteiger partial charge in [0.15, 0.2) is 0 Å². The summed E-state index contributed by atoms with van der Waals surface area (Å²) in [6, 6.07) is 10.5. The summed E-state index contributed by atoms with van der Waals surface area (Å²) in [7, 11) is 0. The molecule has 0 saturated heterocycles. The van der Waals surface area contributed by atoms with Crippen molar-refractivity contribution < 1.29 is 0 Å². The number of para-hydroxylation sites is 1. The maximum absolute atomic E-state index is 7.42. The summed E-state index contributed by atoms with van der Waals surface area (Å²) in [5.41, 5.74) is 7.01. The van der Waals surface area contributed by atoms with Gasteiger partial charge in [-0.25, -0.2) is 0 Å². The minimum absolute atomic E-state index is 0.299. The van der Waals surface area contributed by atoms with Gasteiger partial charge in [-0.15, -0.1) is 11.8 Å². The lowest BCUT2D eigenvalue weighted by atomic mass is 10.1. The second-order valence-electron chi connectivity index (χ2n) is 5.21. The van der Waals surface area contributed by atoms with Crippen LogP contribution in [-0.2, 0) is 0 Å². The first-order valence-electron chi connectivity index (χ1n) is 6.20. The smallest absolute Gasteiger partial charge is 0.0911 e. The highest BCUT2D eigenvalue weighted by molar-refractivity contribution is 7.99. The molecule has 1 aromatic carbocycles. The number of benzene rings is 1. The Morgan fingerprint density at radius 3 is 2.83 bits per heavy atom. The molecule has 18 heavy (non-hydrogen) atoms. The second-order valence-corrected chi connectivity index (χ2v) is 6.23. The van der Waals surface area contributed by atoms with Crippen LogP contribution < -0.4 is 5.73 Å². The Morgan fingerprint density at radius 2 is 2.17 bits per heavy atom. The zero-order valence-corrected chi connectivity index (χ0v) is 11.0. The van der Waals surface area contributed by atoms with Crippen molar-refractivity contribution in [2.45, 2.75) is 24.3 Å². The molecule has 0 spiro atoms. The highest BCUT2D eigenvalue weighted by Gasteiger charge is 2.42. The van der Waals surface area contributed by atoms with Gasteiger partial charge >= 0.3 is 0 Å². The fourth-order valence-corrected chi connectivity index (χ4v) is 3.55. The number of aromatic nitrogens is 1. The van der Waals surface area contributed by atoms with E-state index in [9.17, 15) is 0 Å². The lowest BCUT2D eigenvalue weighted by Gasteiger charge is -2.12. The number of hydrogen-bond donors (Lipinski definition) is 3. The third-order valence-electron chi connectivity index (χ3n) is 3.56. The van der Waals surface area contributed by atoms with Crippen molar-refractivity contribution >= 4 is 28.5 Å². The Morgan fingerprint density at radius 1 is 1.39 bits per heavy atom. The molecule has 4 N–H and O–H groups in total. The van der Waals surface area contributed by atoms with Crippen LogP contribution in [0.5, 0.6) is 0 Å². The maximum Gasteiger partial charge on any atom is 0.0911 e. The molecule has 0 amide bonds. The molecule has 0 unspecified atom stereocenters. The van der Waals surface area contributed by atoms with Gasteiger partial charge in [0.1, 0.15) is 0 Å². The van der Waals surface area contributed by atoms with Gasteiger partial charge in [-0.05, 0) is 30.4 Å². The topological polar surface area (TPSA) is 65.7 Å². The summed E-state index contributed by atoms with van der Waals surface area (Å²) in [5.74, 6) is 1.38. The number of hydrogen-bond acceptors (Lipinski definition) is 2. The van der Waals surface area contributed by atoms with Crippen LogP contribution in [0, 0.1) is 10.8 Å². The molecule has 1 heterocycles. The standard InChI is InChI=1S/C14H17N3S/c15-12(16)8-14(5-6-14)9-18-13-7-10-3-1-2-4-11(10)17-13/h1-4,7,17H,5-6,8-9H2,(H3,15,16). The summed E-state index contributed by atoms with van der Waals surface area (Å²) < 4.78 is 0. The Bertz CT molecular complexity index is 550. The van der Waals surface area contributed by atoms with Crippen LogP contribution in [0.2, 0.25) is 0 Å². The predicted molar refractivity (Wildman–Crippen MR) is 77.2 cm³/mol. The molecule has 4 heteroatoms. The van der Waals surface area contributed by atoms with Crippen molar-refractivity contribution in [1.29, 1.82) is 5.41 Å². The molecule has 3 rings (SSSR count). The first-order chi connectivity index (χ1) is 8.67. The molecule has 1 aliphatic rings. The first kappa shape index (κ1) is 11.7. The molecule has 0 atom stereocenters. The molecule has 1 fully saturated rings. The van der Waals surface area contributed by atoms with E-state index in [0.717, 1.165) is 12.2 Å². The molecule has 0 bridgehead atoms. The molecule has 2 aromatic rings. The second kappa shape index (κ2) is 4.35. The van der Waals surface area contributed by atoms with Gasteiger partial charge in [0.25, 0.3) is 0 Å². The molecule has 1 aromatic heterocycles. The monoisotopic (exact) mass is 259 g/mol. The SMILES string of the molecule is N=C(N)CC1(CSc2cc3ccccc3[nH]2)CC1. The summed E-state index contributed by atoms with van der Waals surface area (Å²) in [4.78, 5) is 3.43. The predicted octanol–water partition coefficient (Wildman–Crippen LogP) is 3.37. The number of rotatable bonds is 5. The summed E-state index contributed by atoms with van der Waals surface area (Å²) in [5, 5.41) is 9.90. The average Bonchev–Trinajstić information content (AvgIpc) is 2.95. The molecular weight excluding hydrogens is 242 g/mol. The van der Waals surface area contributed by atoms with Crippen LogP contribution in [0.1, 0.15) is 19.3 Å². The average molecular weight is 259 g/mol. The highest BCUT2D eigenvalue weighted by atomic mass is 32.2. The van der Waals surface area contributed by atoms with E-state index >= 15 is 0 Å². The lowest BCUT2D eigenvalue weighted by Crippen LogP contribution is -2.18. The molecule has 0 radical (unpaired) electrons. The Labute approximate surface area is 111 Å². The number of H-pyrrole nitrogens is 1. The molecule has 3 nitrogen and oxygen atoms in total. The van der Waals surface area contributed by atoms with Crippen molar-refractivity contribution in [3.63, 3.8) is 0 Å². The molecular formula is C14H17N3S. The van der Waals surface area contributed by atoms with Crippen LogP contribution in [0.4, 0.5) is 0 Å². The van der Waals surface area contributed by atoms with Gasteiger partial charge in [0, 0.05) is 23.1 Å². The van der Waals surface area contributed by atoms with Crippen LogP contribution in [0.15, 0.2) is 35.4 Å². The Balaban J connectivity index is 1.68. The lowest BCUT2D eigenvalue weighted by molar-refractivity contribution is 0.611. The van der Waals surface area contributed by atoms with E-state index in [2.05, 4.69) is 29.2 Å². The summed E-state index contributed by atoms with van der Waals surface area (Å²) in [6.07, 6.45) is 3.17. The van der Waals surface area contributed by atoms with Crippen LogP contribution in [0.3, 0.4) is 0 Å². The minimum atomic E-state index is 0.299. The molecule has 1 aliphatic carbocycles. The van der Waals surface area contributed by atoms with E-state index in [0.29, 0.717) is 11.3 Å². The van der Waals surface area contributed by atoms with E-state index < -0.39 is 0 Å². The van der Waals surface area contributed by atoms with Crippen molar-refractivity contribution in [3.05, 3.63) is 30.3 Å². The Kier molecular flexibility index (Phi) is 2.82. The highest BCUT2D eigenvalue weighted by Crippen LogP contribution is 2.51. The molecule has 94 valence electrons. The van der Waals surface area contributed by atoms with Gasteiger partial charge in [-0.1, -0.05) is 18.2 Å². The van der Waals surface area contributed by atoms with Gasteiger partial charge in [0.2, 0.25) is 0 Å². The first-order valence-corrected chi connectivity index (χ1v) is 7.19.